The summed E-state index contributed by atoms with van der Waals surface area (Å²) in [5, 5.41) is 5.04. The van der Waals surface area contributed by atoms with E-state index >= 15 is 0 Å². The zero-order valence-corrected chi connectivity index (χ0v) is 17.2. The van der Waals surface area contributed by atoms with Crippen LogP contribution in [0.15, 0.2) is 40.5 Å². The molecule has 1 aromatic carbocycles. The number of anilines is 1. The molecular formula is C22H21N3O4S. The Labute approximate surface area is 176 Å². The molecule has 2 aromatic heterocycles. The molecule has 4 rings (SSSR count). The van der Waals surface area contributed by atoms with E-state index in [-0.39, 0.29) is 48.7 Å². The lowest BCUT2D eigenvalue weighted by molar-refractivity contribution is -0.122. The van der Waals surface area contributed by atoms with Gasteiger partial charge >= 0.3 is 0 Å². The van der Waals surface area contributed by atoms with E-state index in [0.29, 0.717) is 28.0 Å². The second-order valence-corrected chi connectivity index (χ2v) is 8.26. The Balaban J connectivity index is 1.31. The summed E-state index contributed by atoms with van der Waals surface area (Å²) in [5.41, 5.74) is 1.04. The molecule has 0 saturated carbocycles. The van der Waals surface area contributed by atoms with E-state index in [1.54, 1.807) is 34.9 Å². The van der Waals surface area contributed by atoms with E-state index in [1.807, 2.05) is 5.38 Å². The van der Waals surface area contributed by atoms with Crippen LogP contribution in [0.5, 0.6) is 0 Å². The van der Waals surface area contributed by atoms with Gasteiger partial charge in [0.15, 0.2) is 5.78 Å². The number of fused-ring (bicyclic) bond motifs is 2. The molecule has 0 atom stereocenters. The Morgan fingerprint density at radius 1 is 1.10 bits per heavy atom. The summed E-state index contributed by atoms with van der Waals surface area (Å²) in [4.78, 5) is 54.0. The van der Waals surface area contributed by atoms with Crippen LogP contribution in [-0.2, 0) is 22.6 Å². The van der Waals surface area contributed by atoms with E-state index in [2.05, 4.69) is 10.3 Å². The molecule has 0 spiro atoms. The molecule has 0 saturated heterocycles. The summed E-state index contributed by atoms with van der Waals surface area (Å²) in [6.07, 6.45) is 2.12. The van der Waals surface area contributed by atoms with Gasteiger partial charge in [-0.05, 0) is 36.1 Å². The Bertz CT molecular complexity index is 1180. The summed E-state index contributed by atoms with van der Waals surface area (Å²) in [7, 11) is 0. The molecule has 1 amide bonds. The van der Waals surface area contributed by atoms with Crippen LogP contribution in [0, 0.1) is 0 Å². The maximum Gasteiger partial charge on any atom is 0.261 e. The smallest absolute Gasteiger partial charge is 0.261 e. The van der Waals surface area contributed by atoms with Crippen molar-refractivity contribution in [1.82, 2.24) is 9.55 Å². The molecule has 3 aromatic rings. The number of benzene rings is 1. The number of aromatic nitrogens is 2. The second-order valence-electron chi connectivity index (χ2n) is 7.31. The number of Topliss-reactive ketones (excluding diaryl/α,β-unsaturated/α-hetero) is 2. The van der Waals surface area contributed by atoms with Crippen LogP contribution in [0.4, 0.5) is 5.69 Å². The second kappa shape index (κ2) is 8.71. The van der Waals surface area contributed by atoms with Gasteiger partial charge in [-0.3, -0.25) is 23.7 Å². The summed E-state index contributed by atoms with van der Waals surface area (Å²) in [6, 6.07) is 8.61. The lowest BCUT2D eigenvalue weighted by atomic mass is 10.1. The average molecular weight is 423 g/mol. The topological polar surface area (TPSA) is 98.1 Å². The zero-order valence-electron chi connectivity index (χ0n) is 16.3. The maximum atomic E-state index is 12.6. The lowest BCUT2D eigenvalue weighted by Crippen LogP contribution is -2.21. The normalized spacial score (nSPS) is 12.7. The fourth-order valence-corrected chi connectivity index (χ4v) is 4.27. The maximum absolute atomic E-state index is 12.6. The van der Waals surface area contributed by atoms with Gasteiger partial charge in [-0.25, -0.2) is 4.98 Å². The Morgan fingerprint density at radius 2 is 1.93 bits per heavy atom. The molecule has 0 fully saturated rings. The van der Waals surface area contributed by atoms with Crippen LogP contribution in [0.2, 0.25) is 0 Å². The first kappa shape index (κ1) is 20.2. The highest BCUT2D eigenvalue weighted by Gasteiger charge is 2.17. The third-order valence-corrected chi connectivity index (χ3v) is 6.07. The summed E-state index contributed by atoms with van der Waals surface area (Å²) < 4.78 is 1.68. The van der Waals surface area contributed by atoms with Gasteiger partial charge in [0.1, 0.15) is 11.6 Å². The van der Waals surface area contributed by atoms with Crippen molar-refractivity contribution in [3.8, 4) is 0 Å². The molecule has 1 N–H and O–H groups in total. The average Bonchev–Trinajstić information content (AvgIpc) is 3.43. The number of nitrogens with one attached hydrogen (secondary N) is 1. The van der Waals surface area contributed by atoms with Gasteiger partial charge in [0.05, 0.1) is 15.8 Å². The van der Waals surface area contributed by atoms with Gasteiger partial charge in [0.2, 0.25) is 5.91 Å². The zero-order chi connectivity index (χ0) is 21.1. The largest absolute Gasteiger partial charge is 0.326 e. The molecule has 30 heavy (non-hydrogen) atoms. The van der Waals surface area contributed by atoms with Crippen LogP contribution in [0.1, 0.15) is 47.6 Å². The Hall–Kier alpha value is -3.13. The first-order chi connectivity index (χ1) is 14.5. The van der Waals surface area contributed by atoms with Crippen LogP contribution >= 0.6 is 11.3 Å². The molecule has 0 unspecified atom stereocenters. The van der Waals surface area contributed by atoms with Crippen LogP contribution in [-0.4, -0.2) is 27.0 Å². The molecular weight excluding hydrogens is 402 g/mol. The SMILES string of the molecule is O=C(CCC(=O)Nc1ccc2nc3n(c(=O)c2c1)CCC3)CCC(=O)c1cccs1. The van der Waals surface area contributed by atoms with E-state index in [1.165, 1.54) is 11.3 Å². The highest BCUT2D eigenvalue weighted by molar-refractivity contribution is 7.12. The van der Waals surface area contributed by atoms with Gasteiger partial charge < -0.3 is 5.32 Å². The predicted octanol–water partition coefficient (Wildman–Crippen LogP) is 3.36. The van der Waals surface area contributed by atoms with E-state index in [4.69, 9.17) is 0 Å². The highest BCUT2D eigenvalue weighted by atomic mass is 32.1. The molecule has 1 aliphatic rings. The number of nitrogens with zero attached hydrogens (tertiary/aromatic N) is 2. The number of rotatable bonds is 8. The summed E-state index contributed by atoms with van der Waals surface area (Å²) >= 11 is 1.36. The number of thiophene rings is 1. The van der Waals surface area contributed by atoms with Crippen LogP contribution < -0.4 is 10.9 Å². The monoisotopic (exact) mass is 423 g/mol. The number of ketones is 2. The summed E-state index contributed by atoms with van der Waals surface area (Å²) in [6.45, 7) is 0.671. The molecule has 8 heteroatoms. The molecule has 154 valence electrons. The third-order valence-electron chi connectivity index (χ3n) is 5.16. The van der Waals surface area contributed by atoms with E-state index in [9.17, 15) is 19.2 Å². The van der Waals surface area contributed by atoms with Gasteiger partial charge in [-0.15, -0.1) is 11.3 Å². The van der Waals surface area contributed by atoms with Gasteiger partial charge in [0, 0.05) is 44.3 Å². The molecule has 0 aliphatic carbocycles. The fraction of sp³-hybridized carbons (Fsp3) is 0.318. The van der Waals surface area contributed by atoms with Gasteiger partial charge in [-0.1, -0.05) is 6.07 Å². The third kappa shape index (κ3) is 4.38. The molecule has 0 bridgehead atoms. The van der Waals surface area contributed by atoms with Gasteiger partial charge in [0.25, 0.3) is 5.56 Å². The van der Waals surface area contributed by atoms with Crippen LogP contribution in [0.3, 0.4) is 0 Å². The minimum Gasteiger partial charge on any atom is -0.326 e. The van der Waals surface area contributed by atoms with Crippen molar-refractivity contribution in [3.63, 3.8) is 0 Å². The Morgan fingerprint density at radius 3 is 2.73 bits per heavy atom. The minimum atomic E-state index is -0.304. The van der Waals surface area contributed by atoms with Crippen molar-refractivity contribution in [3.05, 3.63) is 56.8 Å². The number of aryl methyl sites for hydroxylation is 1. The predicted molar refractivity (Wildman–Crippen MR) is 115 cm³/mol. The van der Waals surface area contributed by atoms with Crippen molar-refractivity contribution < 1.29 is 14.4 Å². The first-order valence-electron chi connectivity index (χ1n) is 9.93. The lowest BCUT2D eigenvalue weighted by Gasteiger charge is -2.08. The van der Waals surface area contributed by atoms with Crippen molar-refractivity contribution in [2.45, 2.75) is 45.1 Å². The number of hydrogen-bond donors (Lipinski definition) is 1. The number of carbonyl (C=O) groups is 3. The van der Waals surface area contributed by atoms with Crippen molar-refractivity contribution in [1.29, 1.82) is 0 Å². The van der Waals surface area contributed by atoms with Crippen molar-refractivity contribution >= 4 is 45.4 Å². The fourth-order valence-electron chi connectivity index (χ4n) is 3.58. The van der Waals surface area contributed by atoms with Crippen molar-refractivity contribution in [2.24, 2.45) is 0 Å². The standard InChI is InChI=1S/C22H21N3O4S/c26-15(6-9-18(27)19-3-2-12-30-19)7-10-21(28)23-14-5-8-17-16(13-14)22(29)25-11-1-4-20(25)24-17/h2-3,5,8,12-13H,1,4,6-7,9-11H2,(H,23,28). The van der Waals surface area contributed by atoms with E-state index < -0.39 is 0 Å². The minimum absolute atomic E-state index is 0.0332. The molecule has 3 heterocycles. The number of hydrogen-bond acceptors (Lipinski definition) is 6. The van der Waals surface area contributed by atoms with Gasteiger partial charge in [-0.2, -0.15) is 0 Å². The number of amides is 1. The Kier molecular flexibility index (Phi) is 5.85. The first-order valence-corrected chi connectivity index (χ1v) is 10.8. The van der Waals surface area contributed by atoms with Crippen LogP contribution in [0.25, 0.3) is 10.9 Å². The summed E-state index contributed by atoms with van der Waals surface area (Å²) in [5.74, 6) is 0.332. The quantitative estimate of drug-likeness (QED) is 0.560. The van der Waals surface area contributed by atoms with E-state index in [0.717, 1.165) is 18.7 Å². The molecule has 7 nitrogen and oxygen atoms in total. The molecule has 1 aliphatic heterocycles. The highest BCUT2D eigenvalue weighted by Crippen LogP contribution is 2.19. The van der Waals surface area contributed by atoms with Crippen molar-refractivity contribution in [2.75, 3.05) is 5.32 Å². The number of carbonyl (C=O) groups excluding carboxylic acids is 3. The molecule has 0 radical (unpaired) electrons.